The average Bonchev–Trinajstić information content (AvgIpc) is 3.17. The molecule has 0 saturated carbocycles. The summed E-state index contributed by atoms with van der Waals surface area (Å²) >= 11 is 0. The third kappa shape index (κ3) is 7.13. The maximum Gasteiger partial charge on any atom is 0.307 e. The van der Waals surface area contributed by atoms with Gasteiger partial charge >= 0.3 is 5.97 Å². The van der Waals surface area contributed by atoms with Crippen LogP contribution in [0.2, 0.25) is 0 Å². The molecule has 1 aromatic carbocycles. The van der Waals surface area contributed by atoms with Crippen LogP contribution < -0.4 is 0 Å². The summed E-state index contributed by atoms with van der Waals surface area (Å²) in [7, 11) is 0. The molecular formula is C21H29NO5. The van der Waals surface area contributed by atoms with E-state index in [4.69, 9.17) is 9.47 Å². The normalized spacial score (nSPS) is 16.1. The Morgan fingerprint density at radius 1 is 1.15 bits per heavy atom. The van der Waals surface area contributed by atoms with Crippen LogP contribution in [-0.2, 0) is 19.1 Å². The number of Topliss-reactive ketones (excluding diaryl/α,β-unsaturated/α-hetero) is 1. The first-order valence-electron chi connectivity index (χ1n) is 9.64. The molecule has 1 aliphatic heterocycles. The summed E-state index contributed by atoms with van der Waals surface area (Å²) in [6, 6.07) is 7.34. The Morgan fingerprint density at radius 3 is 2.52 bits per heavy atom. The summed E-state index contributed by atoms with van der Waals surface area (Å²) in [4.78, 5) is 38.2. The van der Waals surface area contributed by atoms with Gasteiger partial charge in [0, 0.05) is 38.1 Å². The minimum Gasteiger partial charge on any atom is -0.466 e. The van der Waals surface area contributed by atoms with E-state index in [0.717, 1.165) is 18.4 Å². The standard InChI is InChI=1S/C21H29NO5/c1-3-26-21(25)12-13-22(15-18-5-4-14-27-18)20(24)11-10-19(23)17-8-6-16(2)7-9-17/h6-9,18H,3-5,10-15H2,1-2H3. The fourth-order valence-corrected chi connectivity index (χ4v) is 3.07. The van der Waals surface area contributed by atoms with Gasteiger partial charge in [-0.05, 0) is 26.7 Å². The zero-order valence-electron chi connectivity index (χ0n) is 16.2. The fourth-order valence-electron chi connectivity index (χ4n) is 3.07. The van der Waals surface area contributed by atoms with Gasteiger partial charge in [-0.15, -0.1) is 0 Å². The Morgan fingerprint density at radius 2 is 1.89 bits per heavy atom. The van der Waals surface area contributed by atoms with Gasteiger partial charge in [0.15, 0.2) is 5.78 Å². The van der Waals surface area contributed by atoms with E-state index in [0.29, 0.717) is 25.3 Å². The predicted octanol–water partition coefficient (Wildman–Crippen LogP) is 2.92. The molecule has 148 valence electrons. The van der Waals surface area contributed by atoms with Gasteiger partial charge < -0.3 is 14.4 Å². The van der Waals surface area contributed by atoms with Crippen molar-refractivity contribution in [2.45, 2.75) is 52.1 Å². The predicted molar refractivity (Wildman–Crippen MR) is 102 cm³/mol. The highest BCUT2D eigenvalue weighted by molar-refractivity contribution is 5.98. The zero-order chi connectivity index (χ0) is 19.6. The lowest BCUT2D eigenvalue weighted by Gasteiger charge is -2.25. The van der Waals surface area contributed by atoms with Crippen LogP contribution in [0.3, 0.4) is 0 Å². The molecule has 1 atom stereocenters. The molecule has 1 heterocycles. The number of benzene rings is 1. The number of aryl methyl sites for hydroxylation is 1. The number of rotatable bonds is 10. The smallest absolute Gasteiger partial charge is 0.307 e. The van der Waals surface area contributed by atoms with Crippen LogP contribution >= 0.6 is 0 Å². The molecule has 0 aromatic heterocycles. The number of ketones is 1. The molecule has 0 aliphatic carbocycles. The number of hydrogen-bond acceptors (Lipinski definition) is 5. The van der Waals surface area contributed by atoms with Gasteiger partial charge in [0.2, 0.25) is 5.91 Å². The molecule has 0 N–H and O–H groups in total. The van der Waals surface area contributed by atoms with Crippen molar-refractivity contribution < 1.29 is 23.9 Å². The van der Waals surface area contributed by atoms with Crippen LogP contribution in [0.4, 0.5) is 0 Å². The molecular weight excluding hydrogens is 346 g/mol. The molecule has 1 aliphatic rings. The molecule has 1 fully saturated rings. The number of esters is 1. The quantitative estimate of drug-likeness (QED) is 0.464. The van der Waals surface area contributed by atoms with Crippen LogP contribution in [0.25, 0.3) is 0 Å². The Kier molecular flexibility index (Phi) is 8.45. The Labute approximate surface area is 160 Å². The van der Waals surface area contributed by atoms with E-state index in [1.54, 1.807) is 24.0 Å². The van der Waals surface area contributed by atoms with Crippen molar-refractivity contribution in [3.8, 4) is 0 Å². The first kappa shape index (κ1) is 21.1. The third-order valence-corrected chi connectivity index (χ3v) is 4.63. The highest BCUT2D eigenvalue weighted by Gasteiger charge is 2.23. The lowest BCUT2D eigenvalue weighted by Crippen LogP contribution is -2.39. The molecule has 1 unspecified atom stereocenters. The number of carbonyl (C=O) groups excluding carboxylic acids is 3. The second-order valence-corrected chi connectivity index (χ2v) is 6.82. The average molecular weight is 375 g/mol. The van der Waals surface area contributed by atoms with Crippen molar-refractivity contribution in [1.82, 2.24) is 4.90 Å². The van der Waals surface area contributed by atoms with Crippen LogP contribution in [0, 0.1) is 6.92 Å². The van der Waals surface area contributed by atoms with E-state index in [9.17, 15) is 14.4 Å². The van der Waals surface area contributed by atoms with Crippen molar-refractivity contribution in [1.29, 1.82) is 0 Å². The van der Waals surface area contributed by atoms with E-state index in [2.05, 4.69) is 0 Å². The summed E-state index contributed by atoms with van der Waals surface area (Å²) in [5.41, 5.74) is 1.70. The minimum atomic E-state index is -0.321. The van der Waals surface area contributed by atoms with Gasteiger partial charge in [0.25, 0.3) is 0 Å². The molecule has 6 heteroatoms. The van der Waals surface area contributed by atoms with Crippen molar-refractivity contribution >= 4 is 17.7 Å². The highest BCUT2D eigenvalue weighted by Crippen LogP contribution is 2.15. The van der Waals surface area contributed by atoms with Gasteiger partial charge in [-0.3, -0.25) is 14.4 Å². The van der Waals surface area contributed by atoms with Crippen LogP contribution in [0.15, 0.2) is 24.3 Å². The number of ether oxygens (including phenoxy) is 2. The first-order valence-corrected chi connectivity index (χ1v) is 9.64. The number of carbonyl (C=O) groups is 3. The molecule has 6 nitrogen and oxygen atoms in total. The van der Waals surface area contributed by atoms with Crippen LogP contribution in [-0.4, -0.2) is 55.0 Å². The molecule has 1 amide bonds. The van der Waals surface area contributed by atoms with Crippen molar-refractivity contribution in [2.75, 3.05) is 26.3 Å². The lowest BCUT2D eigenvalue weighted by atomic mass is 10.0. The SMILES string of the molecule is CCOC(=O)CCN(CC1CCCO1)C(=O)CCC(=O)c1ccc(C)cc1. The Bertz CT molecular complexity index is 634. The summed E-state index contributed by atoms with van der Waals surface area (Å²) in [6.45, 7) is 5.49. The number of amides is 1. The molecule has 2 rings (SSSR count). The van der Waals surface area contributed by atoms with E-state index in [-0.39, 0.29) is 49.6 Å². The van der Waals surface area contributed by atoms with Crippen LogP contribution in [0.1, 0.15) is 54.9 Å². The van der Waals surface area contributed by atoms with Gasteiger partial charge in [0.05, 0.1) is 19.1 Å². The summed E-state index contributed by atoms with van der Waals surface area (Å²) in [6.07, 6.45) is 2.33. The first-order chi connectivity index (χ1) is 13.0. The fraction of sp³-hybridized carbons (Fsp3) is 0.571. The Balaban J connectivity index is 1.89. The maximum absolute atomic E-state index is 12.7. The second-order valence-electron chi connectivity index (χ2n) is 6.82. The van der Waals surface area contributed by atoms with Gasteiger partial charge in [0.1, 0.15) is 0 Å². The topological polar surface area (TPSA) is 72.9 Å². The van der Waals surface area contributed by atoms with Gasteiger partial charge in [-0.2, -0.15) is 0 Å². The highest BCUT2D eigenvalue weighted by atomic mass is 16.5. The molecule has 27 heavy (non-hydrogen) atoms. The number of nitrogens with zero attached hydrogens (tertiary/aromatic N) is 1. The maximum atomic E-state index is 12.7. The van der Waals surface area contributed by atoms with E-state index in [1.807, 2.05) is 19.1 Å². The molecule has 0 bridgehead atoms. The Hall–Kier alpha value is -2.21. The zero-order valence-corrected chi connectivity index (χ0v) is 16.2. The largest absolute Gasteiger partial charge is 0.466 e. The molecule has 1 aromatic rings. The second kappa shape index (κ2) is 10.8. The summed E-state index contributed by atoms with van der Waals surface area (Å²) in [5.74, 6) is -0.501. The van der Waals surface area contributed by atoms with Crippen molar-refractivity contribution in [2.24, 2.45) is 0 Å². The molecule has 0 radical (unpaired) electrons. The van der Waals surface area contributed by atoms with Gasteiger partial charge in [-0.1, -0.05) is 29.8 Å². The monoisotopic (exact) mass is 375 g/mol. The van der Waals surface area contributed by atoms with E-state index in [1.165, 1.54) is 0 Å². The van der Waals surface area contributed by atoms with Gasteiger partial charge in [-0.25, -0.2) is 0 Å². The lowest BCUT2D eigenvalue weighted by molar-refractivity contribution is -0.144. The third-order valence-electron chi connectivity index (χ3n) is 4.63. The van der Waals surface area contributed by atoms with Crippen molar-refractivity contribution in [3.05, 3.63) is 35.4 Å². The summed E-state index contributed by atoms with van der Waals surface area (Å²) < 4.78 is 10.6. The van der Waals surface area contributed by atoms with E-state index < -0.39 is 0 Å². The molecule has 0 spiro atoms. The summed E-state index contributed by atoms with van der Waals surface area (Å²) in [5, 5.41) is 0. The molecule has 1 saturated heterocycles. The van der Waals surface area contributed by atoms with Crippen molar-refractivity contribution in [3.63, 3.8) is 0 Å². The number of hydrogen-bond donors (Lipinski definition) is 0. The van der Waals surface area contributed by atoms with Crippen LogP contribution in [0.5, 0.6) is 0 Å². The van der Waals surface area contributed by atoms with E-state index >= 15 is 0 Å². The minimum absolute atomic E-state index is 0.00365.